The number of halogens is 13. The maximum atomic E-state index is 13.8. The molecule has 0 N–H and O–H groups in total. The first kappa shape index (κ1) is 85.1. The fourth-order valence-electron chi connectivity index (χ4n) is 18.9. The van der Waals surface area contributed by atoms with Gasteiger partial charge < -0.3 is 39.0 Å². The van der Waals surface area contributed by atoms with E-state index in [0.717, 1.165) is 260 Å². The van der Waals surface area contributed by atoms with Crippen LogP contribution in [0.5, 0.6) is 0 Å². The Morgan fingerprint density at radius 3 is 0.957 bits per heavy atom. The van der Waals surface area contributed by atoms with E-state index in [0.29, 0.717) is 67.5 Å². The van der Waals surface area contributed by atoms with Gasteiger partial charge in [-0.1, -0.05) is 32.5 Å². The highest BCUT2D eigenvalue weighted by Crippen LogP contribution is 2.50. The predicted molar refractivity (Wildman–Crippen MR) is 437 cm³/mol. The summed E-state index contributed by atoms with van der Waals surface area (Å²) in [7, 11) is 0. The van der Waals surface area contributed by atoms with Gasteiger partial charge in [-0.2, -0.15) is 52.7 Å². The van der Waals surface area contributed by atoms with Gasteiger partial charge in [0.1, 0.15) is 73.6 Å². The summed E-state index contributed by atoms with van der Waals surface area (Å²) in [6.07, 6.45) is -3.71. The Morgan fingerprint density at radius 1 is 0.388 bits per heavy atom. The molecule has 10 aliphatic heterocycles. The van der Waals surface area contributed by atoms with E-state index in [1.54, 1.807) is 38.1 Å². The summed E-state index contributed by atoms with van der Waals surface area (Å²) >= 11 is 6.31. The van der Waals surface area contributed by atoms with Gasteiger partial charge in [-0.25, -0.2) is 44.3 Å². The highest BCUT2D eigenvalue weighted by Gasteiger charge is 2.51. The van der Waals surface area contributed by atoms with Crippen molar-refractivity contribution >= 4 is 126 Å². The summed E-state index contributed by atoms with van der Waals surface area (Å²) in [5.41, 5.74) is 0.524. The fraction of sp³-hybridized carbons (Fsp3) is 0.688. The Hall–Kier alpha value is -5.89. The van der Waals surface area contributed by atoms with Gasteiger partial charge in [0.15, 0.2) is 5.17 Å². The fourth-order valence-corrected chi connectivity index (χ4v) is 24.0. The maximum absolute atomic E-state index is 13.8. The molecule has 0 aromatic carbocycles. The standard InChI is InChI=1S/C21H27F3N4OS.C20H24F3N5S2.C20H27F3N4S.C19H24F4N4S/c22-21(23,24)10-16-9-17-18(25-14-26-19(17)30-16)28-5-3-20(4-6-28)12-27(13-20)11-15-1-7-29-8-2-15;1-18(2)9-24-17(30-18)28-10-19(11-28)3-5-27(6-4-19)15-14-7-13(8-20(21,22)23)29-16(14)26-12-25-15;1-18(2,3)10-26-11-19(12-26)4-6-27(7-5-19)16-15-8-14(9-20(21,22)23)28-17(15)25-13-24-16;1-17(2,20)9-26-10-18(11-26)3-5-27(6-4-18)15-14-7-13(8-19(21,22)23)28-16(14)25-12-24-15/h9,14-15H,1-8,10-13H2;7,12H,3-6,8-11H2,1-2H3;8,13H,4-7,9-12H2,1-3H3;7,12H,3-6,8-11H2,1-2H3. The second-order valence-electron chi connectivity index (χ2n) is 36.7. The van der Waals surface area contributed by atoms with Crippen LogP contribution in [0.2, 0.25) is 0 Å². The van der Waals surface area contributed by atoms with E-state index >= 15 is 0 Å². The van der Waals surface area contributed by atoms with E-state index in [9.17, 15) is 57.1 Å². The van der Waals surface area contributed by atoms with Crippen molar-refractivity contribution in [1.82, 2.24) is 59.5 Å². The van der Waals surface area contributed by atoms with Crippen LogP contribution in [-0.4, -0.2) is 244 Å². The van der Waals surface area contributed by atoms with Crippen molar-refractivity contribution < 1.29 is 61.8 Å². The molecule has 634 valence electrons. The van der Waals surface area contributed by atoms with Gasteiger partial charge in [0, 0.05) is 167 Å². The maximum Gasteiger partial charge on any atom is 0.393 e. The number of hydrogen-bond donors (Lipinski definition) is 0. The number of piperidine rings is 4. The molecule has 8 aromatic rings. The number of alkyl halides is 13. The first-order chi connectivity index (χ1) is 54.5. The van der Waals surface area contributed by atoms with Crippen molar-refractivity contribution in [3.05, 3.63) is 69.1 Å². The molecule has 10 aliphatic rings. The van der Waals surface area contributed by atoms with E-state index in [1.807, 2.05) is 11.8 Å². The van der Waals surface area contributed by atoms with Crippen LogP contribution in [-0.2, 0) is 30.4 Å². The van der Waals surface area contributed by atoms with E-state index in [-0.39, 0.29) is 15.0 Å². The van der Waals surface area contributed by atoms with E-state index in [1.165, 1.54) is 63.0 Å². The molecule has 8 aromatic heterocycles. The summed E-state index contributed by atoms with van der Waals surface area (Å²) in [5, 5.41) is 4.14. The summed E-state index contributed by atoms with van der Waals surface area (Å²) in [5.74, 6) is 3.85. The Kier molecular flexibility index (Phi) is 24.1. The minimum atomic E-state index is -4.23. The Balaban J connectivity index is 0.000000121. The van der Waals surface area contributed by atoms with Crippen LogP contribution in [0.25, 0.3) is 40.9 Å². The summed E-state index contributed by atoms with van der Waals surface area (Å²) < 4.78 is 173. The highest BCUT2D eigenvalue weighted by atomic mass is 32.2. The number of aromatic nitrogens is 8. The smallest absolute Gasteiger partial charge is 0.381 e. The third-order valence-electron chi connectivity index (χ3n) is 24.2. The van der Waals surface area contributed by atoms with Crippen LogP contribution < -0.4 is 19.6 Å². The van der Waals surface area contributed by atoms with Crippen molar-refractivity contribution in [3.8, 4) is 0 Å². The quantitative estimate of drug-likeness (QED) is 0.101. The zero-order valence-corrected chi connectivity index (χ0v) is 70.7. The van der Waals surface area contributed by atoms with Crippen LogP contribution in [0.15, 0.2) is 54.6 Å². The van der Waals surface area contributed by atoms with Crippen LogP contribution in [0.3, 0.4) is 0 Å². The molecule has 4 spiro atoms. The number of thioether (sulfide) groups is 1. The number of rotatable bonds is 13. The van der Waals surface area contributed by atoms with Gasteiger partial charge >= 0.3 is 24.7 Å². The SMILES string of the molecule is CC(C)(C)CN1CC2(CCN(c3ncnc4sc(CC(F)(F)F)cc34)CC2)C1.CC(C)(F)CN1CC2(CCN(c3ncnc4sc(CC(F)(F)F)cc34)CC2)C1.CC1(C)CN=C(N2CC3(CCN(c4ncnc5sc(CC(F)(F)F)cc45)CC3)C2)S1.FC(F)(F)Cc1cc2c(N3CCC4(CC3)CN(CC3CCOCC3)C4)ncnc2s1. The minimum absolute atomic E-state index is 0.200. The average molecular weight is 1730 g/mol. The summed E-state index contributed by atoms with van der Waals surface area (Å²) in [6.45, 7) is 35.5. The lowest BCUT2D eigenvalue weighted by atomic mass is 9.71. The number of thiophene rings is 4. The normalized spacial score (nSPS) is 22.0. The van der Waals surface area contributed by atoms with Gasteiger partial charge in [-0.3, -0.25) is 9.89 Å². The average Bonchev–Trinajstić information content (AvgIpc) is 1.12. The topological polar surface area (TPSA) is 151 Å². The molecule has 0 bridgehead atoms. The molecule has 0 atom stereocenters. The lowest BCUT2D eigenvalue weighted by Crippen LogP contribution is -2.62. The van der Waals surface area contributed by atoms with E-state index < -0.39 is 56.1 Å². The van der Waals surface area contributed by atoms with Gasteiger partial charge in [-0.05, 0) is 144 Å². The minimum Gasteiger partial charge on any atom is -0.381 e. The summed E-state index contributed by atoms with van der Waals surface area (Å²) in [4.78, 5) is 61.4. The molecule has 18 nitrogen and oxygen atoms in total. The third kappa shape index (κ3) is 21.0. The zero-order valence-electron chi connectivity index (χ0n) is 66.6. The largest absolute Gasteiger partial charge is 0.393 e. The molecule has 0 aliphatic carbocycles. The number of likely N-dealkylation sites (tertiary alicyclic amines) is 4. The van der Waals surface area contributed by atoms with Gasteiger partial charge in [0.25, 0.3) is 0 Å². The highest BCUT2D eigenvalue weighted by molar-refractivity contribution is 8.15. The van der Waals surface area contributed by atoms with Crippen molar-refractivity contribution in [3.63, 3.8) is 0 Å². The summed E-state index contributed by atoms with van der Waals surface area (Å²) in [6, 6.07) is 6.46. The zero-order chi connectivity index (χ0) is 82.2. The number of fused-ring (bicyclic) bond motifs is 4. The Morgan fingerprint density at radius 2 is 0.681 bits per heavy atom. The molecule has 0 saturated carbocycles. The van der Waals surface area contributed by atoms with Gasteiger partial charge in [0.05, 0.1) is 53.8 Å². The first-order valence-corrected chi connectivity index (χ1v) is 44.3. The number of hydrogen-bond acceptors (Lipinski definition) is 23. The Bertz CT molecular complexity index is 4580. The Labute approximate surface area is 687 Å². The number of anilines is 4. The third-order valence-corrected chi connectivity index (χ3v) is 29.6. The van der Waals surface area contributed by atoms with Crippen LogP contribution >= 0.6 is 57.1 Å². The second-order valence-corrected chi connectivity index (χ2v) is 42.9. The van der Waals surface area contributed by atoms with E-state index in [2.05, 4.69) is 114 Å². The van der Waals surface area contributed by atoms with Crippen LogP contribution in [0.4, 0.5) is 80.3 Å². The van der Waals surface area contributed by atoms with Crippen molar-refractivity contribution in [2.75, 3.05) is 164 Å². The molecule has 36 heteroatoms. The molecule has 18 rings (SSSR count). The van der Waals surface area contributed by atoms with Crippen LogP contribution in [0, 0.1) is 33.0 Å². The number of aliphatic imine (C=N–C) groups is 1. The molecule has 9 fully saturated rings. The molecule has 0 amide bonds. The first-order valence-electron chi connectivity index (χ1n) is 40.2. The number of amidine groups is 1. The predicted octanol–water partition coefficient (Wildman–Crippen LogP) is 17.9. The molecule has 18 heterocycles. The monoisotopic (exact) mass is 1720 g/mol. The molecule has 116 heavy (non-hydrogen) atoms. The number of nitrogens with zero attached hydrogens (tertiary/aromatic N) is 17. The van der Waals surface area contributed by atoms with E-state index in [4.69, 9.17) is 9.73 Å². The van der Waals surface area contributed by atoms with Crippen molar-refractivity contribution in [2.24, 2.45) is 38.0 Å². The molecular weight excluding hydrogens is 1620 g/mol. The molecule has 0 radical (unpaired) electrons. The molecular formula is C80H102F13N17OS5. The molecule has 9 saturated heterocycles. The van der Waals surface area contributed by atoms with Gasteiger partial charge in [-0.15, -0.1) is 45.3 Å². The molecule has 0 unspecified atom stereocenters. The lowest BCUT2D eigenvalue weighted by molar-refractivity contribution is -0.127. The van der Waals surface area contributed by atoms with Gasteiger partial charge in [0.2, 0.25) is 0 Å². The van der Waals surface area contributed by atoms with Crippen LogP contribution in [0.1, 0.15) is 132 Å². The van der Waals surface area contributed by atoms with Crippen molar-refractivity contribution in [2.45, 2.75) is 173 Å². The number of ether oxygens (including phenoxy) is 1. The van der Waals surface area contributed by atoms with Crippen molar-refractivity contribution in [1.29, 1.82) is 0 Å². The lowest BCUT2D eigenvalue weighted by Gasteiger charge is -2.55. The second kappa shape index (κ2) is 32.8.